The zero-order chi connectivity index (χ0) is 9.19. The lowest BCUT2D eigenvalue weighted by Crippen LogP contribution is -2.12. The van der Waals surface area contributed by atoms with Crippen molar-refractivity contribution >= 4 is 0 Å². The van der Waals surface area contributed by atoms with Crippen molar-refractivity contribution in [2.24, 2.45) is 11.3 Å². The summed E-state index contributed by atoms with van der Waals surface area (Å²) in [5, 5.41) is 0. The van der Waals surface area contributed by atoms with Crippen LogP contribution >= 0.6 is 0 Å². The maximum atomic E-state index is 5.66. The molecule has 1 aliphatic rings. The molecule has 0 saturated carbocycles. The standard InChI is InChI=1S/C11H22O/c1-9-7-10(12-8-9)5-6-11(2,3)4/h9-10H,5-8H2,1-4H3. The van der Waals surface area contributed by atoms with Gasteiger partial charge in [0, 0.05) is 6.61 Å². The van der Waals surface area contributed by atoms with E-state index in [4.69, 9.17) is 4.74 Å². The van der Waals surface area contributed by atoms with Gasteiger partial charge in [-0.05, 0) is 30.6 Å². The summed E-state index contributed by atoms with van der Waals surface area (Å²) in [5.74, 6) is 0.787. The third-order valence-electron chi connectivity index (χ3n) is 2.50. The fraction of sp³-hybridized carbons (Fsp3) is 1.00. The first-order chi connectivity index (χ1) is 5.47. The predicted molar refractivity (Wildman–Crippen MR) is 52.2 cm³/mol. The van der Waals surface area contributed by atoms with Crippen LogP contribution in [0.2, 0.25) is 0 Å². The summed E-state index contributed by atoms with van der Waals surface area (Å²) < 4.78 is 5.66. The summed E-state index contributed by atoms with van der Waals surface area (Å²) >= 11 is 0. The van der Waals surface area contributed by atoms with Crippen LogP contribution in [0.3, 0.4) is 0 Å². The first kappa shape index (κ1) is 10.0. The van der Waals surface area contributed by atoms with Gasteiger partial charge in [0.05, 0.1) is 6.10 Å². The summed E-state index contributed by atoms with van der Waals surface area (Å²) in [4.78, 5) is 0. The highest BCUT2D eigenvalue weighted by Crippen LogP contribution is 2.28. The van der Waals surface area contributed by atoms with Gasteiger partial charge >= 0.3 is 0 Å². The van der Waals surface area contributed by atoms with Gasteiger partial charge in [-0.2, -0.15) is 0 Å². The Labute approximate surface area is 76.5 Å². The Morgan fingerprint density at radius 1 is 1.33 bits per heavy atom. The molecule has 1 nitrogen and oxygen atoms in total. The molecule has 0 N–H and O–H groups in total. The van der Waals surface area contributed by atoms with Gasteiger partial charge in [-0.25, -0.2) is 0 Å². The Bertz CT molecular complexity index is 134. The van der Waals surface area contributed by atoms with Gasteiger partial charge in [-0.15, -0.1) is 0 Å². The molecule has 0 amide bonds. The van der Waals surface area contributed by atoms with Crippen molar-refractivity contribution in [3.8, 4) is 0 Å². The van der Waals surface area contributed by atoms with Gasteiger partial charge in [0.1, 0.15) is 0 Å². The third kappa shape index (κ3) is 3.57. The van der Waals surface area contributed by atoms with Crippen molar-refractivity contribution in [2.45, 2.75) is 53.1 Å². The van der Waals surface area contributed by atoms with Crippen LogP contribution in [0, 0.1) is 11.3 Å². The van der Waals surface area contributed by atoms with E-state index in [1.807, 2.05) is 0 Å². The highest BCUT2D eigenvalue weighted by Gasteiger charge is 2.23. The number of hydrogen-bond acceptors (Lipinski definition) is 1. The van der Waals surface area contributed by atoms with Gasteiger partial charge in [-0.3, -0.25) is 0 Å². The molecule has 1 heteroatoms. The van der Waals surface area contributed by atoms with E-state index in [9.17, 15) is 0 Å². The van der Waals surface area contributed by atoms with Crippen LogP contribution in [-0.4, -0.2) is 12.7 Å². The summed E-state index contributed by atoms with van der Waals surface area (Å²) in [5.41, 5.74) is 0.467. The zero-order valence-corrected chi connectivity index (χ0v) is 8.89. The molecule has 1 heterocycles. The summed E-state index contributed by atoms with van der Waals surface area (Å²) in [6.45, 7) is 10.1. The molecule has 1 rings (SSSR count). The van der Waals surface area contributed by atoms with E-state index >= 15 is 0 Å². The second-order valence-electron chi connectivity index (χ2n) is 5.40. The van der Waals surface area contributed by atoms with Gasteiger partial charge in [-0.1, -0.05) is 27.7 Å². The lowest BCUT2D eigenvalue weighted by atomic mass is 9.88. The monoisotopic (exact) mass is 170 g/mol. The largest absolute Gasteiger partial charge is 0.378 e. The first-order valence-electron chi connectivity index (χ1n) is 5.09. The molecule has 1 aliphatic heterocycles. The quantitative estimate of drug-likeness (QED) is 0.618. The Kier molecular flexibility index (Phi) is 3.16. The number of ether oxygens (including phenoxy) is 1. The minimum Gasteiger partial charge on any atom is -0.378 e. The molecule has 2 atom stereocenters. The van der Waals surface area contributed by atoms with Crippen LogP contribution < -0.4 is 0 Å². The Morgan fingerprint density at radius 3 is 2.42 bits per heavy atom. The van der Waals surface area contributed by atoms with Crippen LogP contribution in [0.15, 0.2) is 0 Å². The zero-order valence-electron chi connectivity index (χ0n) is 8.89. The summed E-state index contributed by atoms with van der Waals surface area (Å²) in [7, 11) is 0. The molecule has 0 radical (unpaired) electrons. The van der Waals surface area contributed by atoms with Crippen molar-refractivity contribution in [3.05, 3.63) is 0 Å². The molecule has 1 saturated heterocycles. The molecule has 1 fully saturated rings. The third-order valence-corrected chi connectivity index (χ3v) is 2.50. The lowest BCUT2D eigenvalue weighted by Gasteiger charge is -2.20. The Balaban J connectivity index is 2.16. The van der Waals surface area contributed by atoms with Crippen LogP contribution in [0.4, 0.5) is 0 Å². The second kappa shape index (κ2) is 3.78. The molecule has 2 unspecified atom stereocenters. The van der Waals surface area contributed by atoms with Gasteiger partial charge in [0.2, 0.25) is 0 Å². The van der Waals surface area contributed by atoms with Crippen LogP contribution in [0.25, 0.3) is 0 Å². The van der Waals surface area contributed by atoms with Crippen molar-refractivity contribution in [3.63, 3.8) is 0 Å². The first-order valence-corrected chi connectivity index (χ1v) is 5.09. The maximum Gasteiger partial charge on any atom is 0.0578 e. The minimum absolute atomic E-state index is 0.467. The molecule has 72 valence electrons. The molecular weight excluding hydrogens is 148 g/mol. The summed E-state index contributed by atoms with van der Waals surface area (Å²) in [6, 6.07) is 0. The van der Waals surface area contributed by atoms with Crippen LogP contribution in [0.5, 0.6) is 0 Å². The molecule has 0 aliphatic carbocycles. The van der Waals surface area contributed by atoms with E-state index in [2.05, 4.69) is 27.7 Å². The second-order valence-corrected chi connectivity index (χ2v) is 5.40. The van der Waals surface area contributed by atoms with Crippen molar-refractivity contribution in [1.82, 2.24) is 0 Å². The van der Waals surface area contributed by atoms with Crippen molar-refractivity contribution < 1.29 is 4.74 Å². The van der Waals surface area contributed by atoms with E-state index in [1.165, 1.54) is 19.3 Å². The minimum atomic E-state index is 0.467. The molecule has 0 bridgehead atoms. The van der Waals surface area contributed by atoms with Gasteiger partial charge < -0.3 is 4.74 Å². The van der Waals surface area contributed by atoms with E-state index in [0.29, 0.717) is 11.5 Å². The lowest BCUT2D eigenvalue weighted by molar-refractivity contribution is 0.0907. The Morgan fingerprint density at radius 2 is 2.00 bits per heavy atom. The molecule has 0 spiro atoms. The smallest absolute Gasteiger partial charge is 0.0578 e. The predicted octanol–water partition coefficient (Wildman–Crippen LogP) is 3.24. The SMILES string of the molecule is CC1COC(CCC(C)(C)C)C1. The number of rotatable bonds is 2. The average Bonchev–Trinajstić information content (AvgIpc) is 2.30. The van der Waals surface area contributed by atoms with E-state index < -0.39 is 0 Å². The van der Waals surface area contributed by atoms with E-state index in [-0.39, 0.29) is 0 Å². The van der Waals surface area contributed by atoms with Gasteiger partial charge in [0.25, 0.3) is 0 Å². The molecular formula is C11H22O. The number of hydrogen-bond donors (Lipinski definition) is 0. The maximum absolute atomic E-state index is 5.66. The van der Waals surface area contributed by atoms with E-state index in [0.717, 1.165) is 12.5 Å². The average molecular weight is 170 g/mol. The molecule has 12 heavy (non-hydrogen) atoms. The highest BCUT2D eigenvalue weighted by atomic mass is 16.5. The Hall–Kier alpha value is -0.0400. The molecule has 0 aromatic heterocycles. The molecule has 0 aromatic rings. The molecule has 0 aromatic carbocycles. The fourth-order valence-electron chi connectivity index (χ4n) is 1.68. The van der Waals surface area contributed by atoms with Crippen LogP contribution in [-0.2, 0) is 4.74 Å². The summed E-state index contributed by atoms with van der Waals surface area (Å²) in [6.07, 6.45) is 4.35. The highest BCUT2D eigenvalue weighted by molar-refractivity contribution is 4.73. The fourth-order valence-corrected chi connectivity index (χ4v) is 1.68. The van der Waals surface area contributed by atoms with E-state index in [1.54, 1.807) is 0 Å². The van der Waals surface area contributed by atoms with Gasteiger partial charge in [0.15, 0.2) is 0 Å². The topological polar surface area (TPSA) is 9.23 Å². The normalized spacial score (nSPS) is 31.0. The van der Waals surface area contributed by atoms with Crippen LogP contribution in [0.1, 0.15) is 47.0 Å². The van der Waals surface area contributed by atoms with Crippen molar-refractivity contribution in [2.75, 3.05) is 6.61 Å². The van der Waals surface area contributed by atoms with Crippen molar-refractivity contribution in [1.29, 1.82) is 0 Å².